The first kappa shape index (κ1) is 21.5. The Hall–Kier alpha value is -3.25. The second-order valence-electron chi connectivity index (χ2n) is 8.60. The van der Waals surface area contributed by atoms with Crippen molar-refractivity contribution < 1.29 is 18.5 Å². The van der Waals surface area contributed by atoms with Crippen LogP contribution in [0.2, 0.25) is 0 Å². The molecular weight excluding hydrogens is 381 g/mol. The van der Waals surface area contributed by atoms with Crippen LogP contribution in [0.5, 0.6) is 0 Å². The highest BCUT2D eigenvalue weighted by molar-refractivity contribution is 6.60. The highest BCUT2D eigenvalue weighted by Crippen LogP contribution is 2.40. The fourth-order valence-corrected chi connectivity index (χ4v) is 3.19. The summed E-state index contributed by atoms with van der Waals surface area (Å²) in [5, 5.41) is 27.9. The Morgan fingerprint density at radius 2 is 1.53 bits per heavy atom. The van der Waals surface area contributed by atoms with Crippen molar-refractivity contribution in [2.75, 3.05) is 0 Å². The lowest BCUT2D eigenvalue weighted by molar-refractivity contribution is 0.00578. The lowest BCUT2D eigenvalue weighted by Crippen LogP contribution is -2.41. The third-order valence-electron chi connectivity index (χ3n) is 5.61. The summed E-state index contributed by atoms with van der Waals surface area (Å²) in [4.78, 5) is 0. The molecule has 0 bridgehead atoms. The van der Waals surface area contributed by atoms with Gasteiger partial charge >= 0.3 is 7.12 Å². The van der Waals surface area contributed by atoms with E-state index in [2.05, 4.69) is 0 Å². The summed E-state index contributed by atoms with van der Waals surface area (Å²) in [5.74, 6) is 0.544. The van der Waals surface area contributed by atoms with Crippen LogP contribution in [0.3, 0.4) is 0 Å². The van der Waals surface area contributed by atoms with E-state index in [1.807, 2.05) is 33.8 Å². The number of furan rings is 1. The maximum Gasteiger partial charge on any atom is 0.532 e. The van der Waals surface area contributed by atoms with Crippen LogP contribution < -0.4 is 5.66 Å². The van der Waals surface area contributed by atoms with E-state index in [4.69, 9.17) is 29.0 Å². The van der Waals surface area contributed by atoms with Crippen LogP contribution in [-0.4, -0.2) is 23.9 Å². The van der Waals surface area contributed by atoms with Gasteiger partial charge in [-0.25, -0.2) is 0 Å². The van der Waals surface area contributed by atoms with Crippen LogP contribution in [0.4, 0.5) is 0 Å². The number of ether oxygens (including phenoxy) is 1. The van der Waals surface area contributed by atoms with E-state index in [0.29, 0.717) is 17.0 Å². The number of nitriles is 3. The second-order valence-corrected chi connectivity index (χ2v) is 8.60. The molecule has 0 unspecified atom stereocenters. The van der Waals surface area contributed by atoms with Crippen LogP contribution in [0.15, 0.2) is 45.1 Å². The van der Waals surface area contributed by atoms with Gasteiger partial charge in [-0.3, -0.25) is 0 Å². The van der Waals surface area contributed by atoms with Crippen molar-refractivity contribution >= 4 is 18.9 Å². The summed E-state index contributed by atoms with van der Waals surface area (Å²) in [6.07, 6.45) is 3.40. The van der Waals surface area contributed by atoms with Crippen molar-refractivity contribution in [1.29, 1.82) is 15.8 Å². The van der Waals surface area contributed by atoms with E-state index in [9.17, 15) is 5.26 Å². The zero-order valence-corrected chi connectivity index (χ0v) is 17.9. The Morgan fingerprint density at radius 1 is 0.933 bits per heavy atom. The van der Waals surface area contributed by atoms with Gasteiger partial charge < -0.3 is 18.5 Å². The topological polar surface area (TPSA) is 112 Å². The van der Waals surface area contributed by atoms with Gasteiger partial charge in [-0.15, -0.1) is 0 Å². The van der Waals surface area contributed by atoms with Crippen molar-refractivity contribution in [3.05, 3.63) is 46.4 Å². The maximum atomic E-state index is 9.59. The van der Waals surface area contributed by atoms with Gasteiger partial charge in [0.1, 0.15) is 40.8 Å². The Morgan fingerprint density at radius 3 is 2.07 bits per heavy atom. The van der Waals surface area contributed by atoms with Crippen LogP contribution in [0.1, 0.15) is 47.3 Å². The molecule has 3 heterocycles. The number of rotatable bonds is 3. The minimum absolute atomic E-state index is 0.00417. The third kappa shape index (κ3) is 3.55. The molecular formula is C22H22BN3O4. The Bertz CT molecular complexity index is 1070. The first-order valence-corrected chi connectivity index (χ1v) is 9.48. The number of hydrogen-bond acceptors (Lipinski definition) is 7. The van der Waals surface area contributed by atoms with Gasteiger partial charge in [-0.1, -0.05) is 0 Å². The molecule has 0 aromatic carbocycles. The monoisotopic (exact) mass is 403 g/mol. The van der Waals surface area contributed by atoms with Crippen molar-refractivity contribution in [2.45, 2.75) is 58.3 Å². The zero-order valence-electron chi connectivity index (χ0n) is 17.9. The summed E-state index contributed by atoms with van der Waals surface area (Å²) in [7, 11) is -0.611. The maximum absolute atomic E-state index is 9.59. The lowest BCUT2D eigenvalue weighted by Gasteiger charge is -2.32. The van der Waals surface area contributed by atoms with Crippen molar-refractivity contribution in [3.63, 3.8) is 0 Å². The van der Waals surface area contributed by atoms with Crippen LogP contribution in [0.25, 0.3) is 6.08 Å². The highest BCUT2D eigenvalue weighted by Gasteiger charge is 2.53. The quantitative estimate of drug-likeness (QED) is 0.561. The van der Waals surface area contributed by atoms with Crippen molar-refractivity contribution in [2.24, 2.45) is 0 Å². The van der Waals surface area contributed by atoms with E-state index < -0.39 is 23.9 Å². The minimum atomic E-state index is -0.878. The molecule has 30 heavy (non-hydrogen) atoms. The van der Waals surface area contributed by atoms with Crippen LogP contribution in [-0.2, 0) is 14.0 Å². The number of hydrogen-bond donors (Lipinski definition) is 0. The van der Waals surface area contributed by atoms with E-state index in [-0.39, 0.29) is 16.9 Å². The SMILES string of the molecule is CC1(C)OC(=C(C#N)C#N)C(C#N)=C1/C=C/c1ccc(B2OC(C)(C)C(C)(C)O2)o1. The first-order chi connectivity index (χ1) is 14.0. The lowest BCUT2D eigenvalue weighted by atomic mass is 9.86. The summed E-state index contributed by atoms with van der Waals surface area (Å²) in [6, 6.07) is 9.16. The molecule has 0 radical (unpaired) electrons. The molecule has 1 aromatic rings. The van der Waals surface area contributed by atoms with Gasteiger partial charge in [0, 0.05) is 5.57 Å². The molecule has 0 N–H and O–H groups in total. The predicted molar refractivity (Wildman–Crippen MR) is 110 cm³/mol. The molecule has 0 amide bonds. The fraction of sp³-hybridized carbons (Fsp3) is 0.409. The molecule has 0 atom stereocenters. The van der Waals surface area contributed by atoms with Crippen molar-refractivity contribution in [1.82, 2.24) is 0 Å². The van der Waals surface area contributed by atoms with Gasteiger partial charge in [0.15, 0.2) is 11.3 Å². The smallest absolute Gasteiger partial charge is 0.480 e. The summed E-state index contributed by atoms with van der Waals surface area (Å²) in [6.45, 7) is 11.4. The fourth-order valence-electron chi connectivity index (χ4n) is 3.19. The third-order valence-corrected chi connectivity index (χ3v) is 5.61. The molecule has 0 spiro atoms. The molecule has 2 aliphatic rings. The Labute approximate surface area is 176 Å². The molecule has 2 aliphatic heterocycles. The van der Waals surface area contributed by atoms with Crippen molar-refractivity contribution in [3.8, 4) is 18.2 Å². The highest BCUT2D eigenvalue weighted by atomic mass is 16.7. The van der Waals surface area contributed by atoms with Gasteiger partial charge in [0.05, 0.1) is 11.2 Å². The van der Waals surface area contributed by atoms with Gasteiger partial charge in [-0.2, -0.15) is 15.8 Å². The number of nitrogens with zero attached hydrogens (tertiary/aromatic N) is 3. The molecule has 1 aromatic heterocycles. The standard InChI is InChI=1S/C22H22BN3O4/c1-20(2)17(16(13-26)19(28-20)14(11-24)12-25)9-7-15-8-10-18(27-15)23-29-21(3,4)22(5,6)30-23/h7-10H,1-6H3/b9-7+. The molecule has 1 saturated heterocycles. The van der Waals surface area contributed by atoms with Gasteiger partial charge in [0.2, 0.25) is 0 Å². The summed E-state index contributed by atoms with van der Waals surface area (Å²) in [5.41, 5.74) is -0.800. The van der Waals surface area contributed by atoms with E-state index in [1.54, 1.807) is 50.3 Å². The van der Waals surface area contributed by atoms with E-state index in [1.165, 1.54) is 0 Å². The van der Waals surface area contributed by atoms with E-state index >= 15 is 0 Å². The zero-order chi connectivity index (χ0) is 22.3. The number of allylic oxidation sites excluding steroid dienone is 2. The molecule has 0 aliphatic carbocycles. The average molecular weight is 403 g/mol. The summed E-state index contributed by atoms with van der Waals surface area (Å²) < 4.78 is 23.6. The van der Waals surface area contributed by atoms with E-state index in [0.717, 1.165) is 0 Å². The predicted octanol–water partition coefficient (Wildman–Crippen LogP) is 3.52. The molecule has 0 saturated carbocycles. The Balaban J connectivity index is 1.91. The molecule has 152 valence electrons. The van der Waals surface area contributed by atoms with Gasteiger partial charge in [0.25, 0.3) is 0 Å². The minimum Gasteiger partial charge on any atom is -0.480 e. The Kier molecular flexibility index (Phi) is 5.17. The summed E-state index contributed by atoms with van der Waals surface area (Å²) >= 11 is 0. The molecule has 7 nitrogen and oxygen atoms in total. The molecule has 1 fully saturated rings. The van der Waals surface area contributed by atoms with Crippen LogP contribution in [0, 0.1) is 34.0 Å². The average Bonchev–Trinajstić information content (AvgIpc) is 3.27. The van der Waals surface area contributed by atoms with Gasteiger partial charge in [-0.05, 0) is 65.8 Å². The van der Waals surface area contributed by atoms with Crippen LogP contribution >= 0.6 is 0 Å². The molecule has 3 rings (SSSR count). The first-order valence-electron chi connectivity index (χ1n) is 9.48. The largest absolute Gasteiger partial charge is 0.532 e. The molecule has 8 heteroatoms. The second kappa shape index (κ2) is 7.22. The normalized spacial score (nSPS) is 21.3.